The zero-order valence-electron chi connectivity index (χ0n) is 19.0. The van der Waals surface area contributed by atoms with Crippen LogP contribution in [0.4, 0.5) is 10.1 Å². The van der Waals surface area contributed by atoms with Crippen molar-refractivity contribution in [2.24, 2.45) is 7.05 Å². The van der Waals surface area contributed by atoms with Gasteiger partial charge in [-0.3, -0.25) is 9.78 Å². The Morgan fingerprint density at radius 2 is 1.94 bits per heavy atom. The number of hydrogen-bond acceptors (Lipinski definition) is 7. The largest absolute Gasteiger partial charge is 0.453 e. The predicted octanol–water partition coefficient (Wildman–Crippen LogP) is 6.83. The van der Waals surface area contributed by atoms with Gasteiger partial charge in [-0.1, -0.05) is 42.5 Å². The number of imidazole rings is 1. The molecule has 0 saturated carbocycles. The van der Waals surface area contributed by atoms with Crippen LogP contribution in [0.2, 0.25) is 0 Å². The Morgan fingerprint density at radius 3 is 2.69 bits per heavy atom. The maximum atomic E-state index is 14.9. The highest BCUT2D eigenvalue weighted by Gasteiger charge is 2.15. The molecule has 0 unspecified atom stereocenters. The second-order valence-corrected chi connectivity index (χ2v) is 10.6. The summed E-state index contributed by atoms with van der Waals surface area (Å²) in [5, 5.41) is 2.81. The van der Waals surface area contributed by atoms with Crippen molar-refractivity contribution in [3.8, 4) is 22.2 Å². The van der Waals surface area contributed by atoms with Crippen LogP contribution in [0.5, 0.6) is 11.5 Å². The molecule has 3 heterocycles. The number of rotatable bonds is 6. The standard InChI is InChI=1S/C26H19FN4O2S3/c1-31-12-11-29-25(31)22-15-19-24(35-22)21(9-10-28-19)33-20-8-7-17(14-18(20)27)30-26(34)36-23(32)13-16-5-3-2-4-6-16/h2-12,14-15H,13H2,1H3,(H,30,34). The quantitative estimate of drug-likeness (QED) is 0.240. The average Bonchev–Trinajstić information content (AvgIpc) is 3.47. The van der Waals surface area contributed by atoms with Crippen LogP contribution in [0.15, 0.2) is 79.3 Å². The number of aryl methyl sites for hydroxylation is 1. The SMILES string of the molecule is Cn1ccnc1-c1cc2nccc(Oc3ccc(NC(=S)SC(=O)Cc4ccccc4)cc3F)c2s1. The van der Waals surface area contributed by atoms with Crippen LogP contribution in [0.25, 0.3) is 20.9 Å². The second kappa shape index (κ2) is 10.6. The topological polar surface area (TPSA) is 69.0 Å². The third-order valence-electron chi connectivity index (χ3n) is 5.21. The lowest BCUT2D eigenvalue weighted by molar-refractivity contribution is -0.110. The first-order chi connectivity index (χ1) is 17.5. The number of thiophene rings is 1. The van der Waals surface area contributed by atoms with E-state index in [-0.39, 0.29) is 21.6 Å². The van der Waals surface area contributed by atoms with Gasteiger partial charge >= 0.3 is 0 Å². The third kappa shape index (κ3) is 5.46. The summed E-state index contributed by atoms with van der Waals surface area (Å²) in [6, 6.07) is 17.5. The molecule has 180 valence electrons. The summed E-state index contributed by atoms with van der Waals surface area (Å²) in [5.74, 6) is 0.831. The first-order valence-electron chi connectivity index (χ1n) is 10.9. The molecular formula is C26H19FN4O2S3. The number of anilines is 1. The van der Waals surface area contributed by atoms with Crippen LogP contribution in [0.1, 0.15) is 5.56 Å². The number of fused-ring (bicyclic) bond motifs is 1. The van der Waals surface area contributed by atoms with Crippen LogP contribution in [-0.4, -0.2) is 24.0 Å². The molecule has 5 aromatic rings. The number of carbonyl (C=O) groups is 1. The van der Waals surface area contributed by atoms with Crippen LogP contribution < -0.4 is 10.1 Å². The van der Waals surface area contributed by atoms with E-state index in [1.165, 1.54) is 23.5 Å². The number of pyridine rings is 1. The monoisotopic (exact) mass is 534 g/mol. The predicted molar refractivity (Wildman–Crippen MR) is 147 cm³/mol. The van der Waals surface area contributed by atoms with Gasteiger partial charge in [0.05, 0.1) is 15.1 Å². The molecule has 0 atom stereocenters. The number of carbonyl (C=O) groups excluding carboxylic acids is 1. The van der Waals surface area contributed by atoms with Crippen molar-refractivity contribution in [2.75, 3.05) is 5.32 Å². The number of benzene rings is 2. The van der Waals surface area contributed by atoms with Gasteiger partial charge in [-0.05, 0) is 35.5 Å². The van der Waals surface area contributed by atoms with Gasteiger partial charge < -0.3 is 14.6 Å². The van der Waals surface area contributed by atoms with E-state index in [1.54, 1.807) is 24.5 Å². The Balaban J connectivity index is 1.27. The molecule has 1 N–H and O–H groups in total. The molecule has 0 radical (unpaired) electrons. The van der Waals surface area contributed by atoms with Gasteiger partial charge in [-0.25, -0.2) is 9.37 Å². The summed E-state index contributed by atoms with van der Waals surface area (Å²) >= 11 is 7.67. The summed E-state index contributed by atoms with van der Waals surface area (Å²) in [6.45, 7) is 0. The molecule has 0 fully saturated rings. The molecule has 0 aliphatic rings. The summed E-state index contributed by atoms with van der Waals surface area (Å²) < 4.78 is 23.8. The summed E-state index contributed by atoms with van der Waals surface area (Å²) in [5.41, 5.74) is 2.09. The van der Waals surface area contributed by atoms with Gasteiger partial charge in [0.25, 0.3) is 0 Å². The molecule has 6 nitrogen and oxygen atoms in total. The molecule has 0 bridgehead atoms. The molecule has 0 spiro atoms. The van der Waals surface area contributed by atoms with E-state index in [0.717, 1.165) is 38.2 Å². The van der Waals surface area contributed by atoms with Crippen molar-refractivity contribution in [2.45, 2.75) is 6.42 Å². The minimum absolute atomic E-state index is 0.0683. The van der Waals surface area contributed by atoms with E-state index in [9.17, 15) is 9.18 Å². The van der Waals surface area contributed by atoms with Gasteiger partial charge in [0.1, 0.15) is 15.9 Å². The molecule has 5 rings (SSSR count). The molecule has 0 aliphatic carbocycles. The van der Waals surface area contributed by atoms with Gasteiger partial charge in [-0.15, -0.1) is 11.3 Å². The zero-order valence-corrected chi connectivity index (χ0v) is 21.4. The highest BCUT2D eigenvalue weighted by atomic mass is 32.2. The van der Waals surface area contributed by atoms with Gasteiger partial charge in [0.15, 0.2) is 16.7 Å². The lowest BCUT2D eigenvalue weighted by atomic mass is 10.2. The van der Waals surface area contributed by atoms with E-state index in [0.29, 0.717) is 11.4 Å². The molecule has 10 heteroatoms. The maximum Gasteiger partial charge on any atom is 0.200 e. The van der Waals surface area contributed by atoms with Crippen LogP contribution in [-0.2, 0) is 18.3 Å². The van der Waals surface area contributed by atoms with E-state index < -0.39 is 5.82 Å². The normalized spacial score (nSPS) is 10.9. The number of aromatic nitrogens is 3. The maximum absolute atomic E-state index is 14.9. The van der Waals surface area contributed by atoms with Crippen molar-refractivity contribution in [3.05, 3.63) is 90.6 Å². The number of nitrogens with one attached hydrogen (secondary N) is 1. The summed E-state index contributed by atoms with van der Waals surface area (Å²) in [6.07, 6.45) is 5.50. The highest BCUT2D eigenvalue weighted by molar-refractivity contribution is 8.33. The first-order valence-corrected chi connectivity index (χ1v) is 12.9. The molecule has 36 heavy (non-hydrogen) atoms. The highest BCUT2D eigenvalue weighted by Crippen LogP contribution is 2.39. The van der Waals surface area contributed by atoms with E-state index >= 15 is 0 Å². The van der Waals surface area contributed by atoms with Gasteiger partial charge in [-0.2, -0.15) is 0 Å². The number of thiocarbonyl (C=S) groups is 1. The molecule has 3 aromatic heterocycles. The number of nitrogens with zero attached hydrogens (tertiary/aromatic N) is 3. The van der Waals surface area contributed by atoms with Gasteiger partial charge in [0.2, 0.25) is 0 Å². The number of halogens is 1. The van der Waals surface area contributed by atoms with Crippen molar-refractivity contribution < 1.29 is 13.9 Å². The Labute approximate surface area is 220 Å². The number of ether oxygens (including phenoxy) is 1. The molecule has 0 amide bonds. The Morgan fingerprint density at radius 1 is 1.11 bits per heavy atom. The fraction of sp³-hybridized carbons (Fsp3) is 0.0769. The molecule has 0 saturated heterocycles. The van der Waals surface area contributed by atoms with Crippen LogP contribution >= 0.6 is 35.3 Å². The van der Waals surface area contributed by atoms with E-state index in [2.05, 4.69) is 15.3 Å². The van der Waals surface area contributed by atoms with Crippen LogP contribution in [0.3, 0.4) is 0 Å². The minimum Gasteiger partial charge on any atom is -0.453 e. The Hall–Kier alpha value is -3.60. The first kappa shape index (κ1) is 24.1. The zero-order chi connectivity index (χ0) is 25.1. The molecule has 0 aliphatic heterocycles. The van der Waals surface area contributed by atoms with Crippen molar-refractivity contribution in [1.29, 1.82) is 0 Å². The fourth-order valence-corrected chi connectivity index (χ4v) is 5.65. The molecule has 2 aromatic carbocycles. The number of hydrogen-bond donors (Lipinski definition) is 1. The van der Waals surface area contributed by atoms with Crippen molar-refractivity contribution in [3.63, 3.8) is 0 Å². The fourth-order valence-electron chi connectivity index (χ4n) is 3.53. The minimum atomic E-state index is -0.561. The van der Waals surface area contributed by atoms with Crippen molar-refractivity contribution in [1.82, 2.24) is 14.5 Å². The third-order valence-corrected chi connectivity index (χ3v) is 7.36. The lowest BCUT2D eigenvalue weighted by Crippen LogP contribution is -2.09. The smallest absolute Gasteiger partial charge is 0.200 e. The number of thioether (sulfide) groups is 1. The van der Waals surface area contributed by atoms with Crippen LogP contribution in [0, 0.1) is 5.82 Å². The Kier molecular flexibility index (Phi) is 7.08. The summed E-state index contributed by atoms with van der Waals surface area (Å²) in [4.78, 5) is 22.0. The van der Waals surface area contributed by atoms with Gasteiger partial charge in [0, 0.05) is 49.9 Å². The molecular weight excluding hydrogens is 516 g/mol. The van der Waals surface area contributed by atoms with E-state index in [4.69, 9.17) is 17.0 Å². The summed E-state index contributed by atoms with van der Waals surface area (Å²) in [7, 11) is 1.92. The van der Waals surface area contributed by atoms with Crippen molar-refractivity contribution >= 4 is 60.7 Å². The average molecular weight is 535 g/mol. The lowest BCUT2D eigenvalue weighted by Gasteiger charge is -2.11. The second-order valence-electron chi connectivity index (χ2n) is 7.79. The van der Waals surface area contributed by atoms with E-state index in [1.807, 2.05) is 54.2 Å². The Bertz CT molecular complexity index is 1570.